The van der Waals surface area contributed by atoms with Gasteiger partial charge in [0.1, 0.15) is 10.8 Å². The number of nitrogens with zero attached hydrogens (tertiary/aromatic N) is 2. The molecule has 0 spiro atoms. The number of rotatable bonds is 6. The zero-order valence-electron chi connectivity index (χ0n) is 10.8. The molecule has 0 saturated carbocycles. The fourth-order valence-corrected chi connectivity index (χ4v) is 3.16. The van der Waals surface area contributed by atoms with Crippen LogP contribution in [0.15, 0.2) is 28.6 Å². The number of carbonyl (C=O) groups is 1. The maximum absolute atomic E-state index is 12.0. The third-order valence-corrected chi connectivity index (χ3v) is 4.29. The third-order valence-electron chi connectivity index (χ3n) is 2.32. The Morgan fingerprint density at radius 1 is 1.32 bits per heavy atom. The van der Waals surface area contributed by atoms with Gasteiger partial charge in [-0.05, 0) is 38.1 Å². The first kappa shape index (κ1) is 14.0. The molecule has 0 aliphatic rings. The van der Waals surface area contributed by atoms with E-state index in [1.165, 1.54) is 23.1 Å². The molecule has 2 rings (SSSR count). The maximum atomic E-state index is 12.0. The predicted molar refractivity (Wildman–Crippen MR) is 77.3 cm³/mol. The molecule has 19 heavy (non-hydrogen) atoms. The SMILES string of the molecule is CCOc1ccc(C(=O)CSc2nnc(C)s2)cc1. The Hall–Kier alpha value is -1.40. The van der Waals surface area contributed by atoms with E-state index in [-0.39, 0.29) is 5.78 Å². The number of benzene rings is 1. The molecule has 0 unspecified atom stereocenters. The quantitative estimate of drug-likeness (QED) is 0.605. The zero-order valence-corrected chi connectivity index (χ0v) is 12.4. The van der Waals surface area contributed by atoms with Crippen molar-refractivity contribution < 1.29 is 9.53 Å². The van der Waals surface area contributed by atoms with Crippen molar-refractivity contribution in [2.75, 3.05) is 12.4 Å². The molecule has 0 saturated heterocycles. The molecule has 0 radical (unpaired) electrons. The number of hydrogen-bond donors (Lipinski definition) is 0. The molecule has 1 aromatic carbocycles. The van der Waals surface area contributed by atoms with Gasteiger partial charge < -0.3 is 4.74 Å². The maximum Gasteiger partial charge on any atom is 0.174 e. The summed E-state index contributed by atoms with van der Waals surface area (Å²) >= 11 is 2.93. The summed E-state index contributed by atoms with van der Waals surface area (Å²) < 4.78 is 6.17. The van der Waals surface area contributed by atoms with Crippen LogP contribution in [0, 0.1) is 6.92 Å². The number of ketones is 1. The second-order valence-corrected chi connectivity index (χ2v) is 6.16. The molecule has 1 aromatic heterocycles. The molecule has 4 nitrogen and oxygen atoms in total. The van der Waals surface area contributed by atoms with E-state index in [1.807, 2.05) is 26.0 Å². The van der Waals surface area contributed by atoms with Gasteiger partial charge in [0.15, 0.2) is 10.1 Å². The van der Waals surface area contributed by atoms with Crippen molar-refractivity contribution in [1.29, 1.82) is 0 Å². The molecule has 0 fully saturated rings. The van der Waals surface area contributed by atoms with Gasteiger partial charge in [0.2, 0.25) is 0 Å². The van der Waals surface area contributed by atoms with Crippen molar-refractivity contribution in [3.63, 3.8) is 0 Å². The van der Waals surface area contributed by atoms with Gasteiger partial charge in [-0.1, -0.05) is 23.1 Å². The Kier molecular flexibility index (Phi) is 4.93. The van der Waals surface area contributed by atoms with E-state index in [0.717, 1.165) is 15.1 Å². The minimum atomic E-state index is 0.0842. The van der Waals surface area contributed by atoms with E-state index < -0.39 is 0 Å². The Balaban J connectivity index is 1.92. The number of hydrogen-bond acceptors (Lipinski definition) is 6. The largest absolute Gasteiger partial charge is 0.494 e. The van der Waals surface area contributed by atoms with Gasteiger partial charge in [0, 0.05) is 5.56 Å². The fourth-order valence-electron chi connectivity index (χ4n) is 1.45. The number of aryl methyl sites for hydroxylation is 1. The van der Waals surface area contributed by atoms with Gasteiger partial charge >= 0.3 is 0 Å². The molecule has 0 aliphatic heterocycles. The van der Waals surface area contributed by atoms with Crippen LogP contribution < -0.4 is 4.74 Å². The van der Waals surface area contributed by atoms with Gasteiger partial charge in [-0.25, -0.2) is 0 Å². The van der Waals surface area contributed by atoms with Gasteiger partial charge in [-0.2, -0.15) is 0 Å². The first-order chi connectivity index (χ1) is 9.19. The summed E-state index contributed by atoms with van der Waals surface area (Å²) in [5.41, 5.74) is 0.692. The summed E-state index contributed by atoms with van der Waals surface area (Å²) in [6.45, 7) is 4.45. The number of Topliss-reactive ketones (excluding diaryl/α,β-unsaturated/α-hetero) is 1. The van der Waals surface area contributed by atoms with Gasteiger partial charge in [-0.3, -0.25) is 4.79 Å². The minimum absolute atomic E-state index is 0.0842. The summed E-state index contributed by atoms with van der Waals surface area (Å²) in [6.07, 6.45) is 0. The molecule has 6 heteroatoms. The van der Waals surface area contributed by atoms with Crippen LogP contribution in [0.3, 0.4) is 0 Å². The highest BCUT2D eigenvalue weighted by atomic mass is 32.2. The Morgan fingerprint density at radius 2 is 2.05 bits per heavy atom. The van der Waals surface area contributed by atoms with Crippen LogP contribution in [0.4, 0.5) is 0 Å². The Labute approximate surface area is 120 Å². The number of thioether (sulfide) groups is 1. The average molecular weight is 294 g/mol. The van der Waals surface area contributed by atoms with E-state index in [9.17, 15) is 4.79 Å². The number of ether oxygens (including phenoxy) is 1. The summed E-state index contributed by atoms with van der Waals surface area (Å²) in [5, 5.41) is 8.81. The average Bonchev–Trinajstić information content (AvgIpc) is 2.83. The van der Waals surface area contributed by atoms with Crippen molar-refractivity contribution in [2.45, 2.75) is 18.2 Å². The summed E-state index contributed by atoms with van der Waals surface area (Å²) in [4.78, 5) is 12.0. The van der Waals surface area contributed by atoms with Crippen molar-refractivity contribution >= 4 is 28.9 Å². The summed E-state index contributed by atoms with van der Waals surface area (Å²) in [5.74, 6) is 1.25. The highest BCUT2D eigenvalue weighted by molar-refractivity contribution is 8.01. The Morgan fingerprint density at radius 3 is 2.63 bits per heavy atom. The molecule has 0 atom stereocenters. The molecule has 0 bridgehead atoms. The van der Waals surface area contributed by atoms with E-state index >= 15 is 0 Å². The second-order valence-electron chi connectivity index (χ2n) is 3.76. The van der Waals surface area contributed by atoms with Gasteiger partial charge in [0.05, 0.1) is 12.4 Å². The lowest BCUT2D eigenvalue weighted by atomic mass is 10.1. The first-order valence-corrected chi connectivity index (χ1v) is 7.68. The zero-order chi connectivity index (χ0) is 13.7. The highest BCUT2D eigenvalue weighted by Gasteiger charge is 2.09. The van der Waals surface area contributed by atoms with Crippen LogP contribution in [0.25, 0.3) is 0 Å². The molecule has 100 valence electrons. The van der Waals surface area contributed by atoms with Gasteiger partial charge in [0.25, 0.3) is 0 Å². The standard InChI is InChI=1S/C13H14N2O2S2/c1-3-17-11-6-4-10(5-7-11)12(16)8-18-13-15-14-9(2)19-13/h4-7H,3,8H2,1-2H3. The van der Waals surface area contributed by atoms with Crippen molar-refractivity contribution in [3.05, 3.63) is 34.8 Å². The summed E-state index contributed by atoms with van der Waals surface area (Å²) in [6, 6.07) is 7.21. The highest BCUT2D eigenvalue weighted by Crippen LogP contribution is 2.23. The van der Waals surface area contributed by atoms with Crippen molar-refractivity contribution in [2.24, 2.45) is 0 Å². The topological polar surface area (TPSA) is 52.1 Å². The van der Waals surface area contributed by atoms with E-state index in [2.05, 4.69) is 10.2 Å². The number of carbonyl (C=O) groups excluding carboxylic acids is 1. The second kappa shape index (κ2) is 6.68. The lowest BCUT2D eigenvalue weighted by Gasteiger charge is -2.03. The lowest BCUT2D eigenvalue weighted by molar-refractivity contribution is 0.102. The smallest absolute Gasteiger partial charge is 0.174 e. The molecule has 0 aliphatic carbocycles. The monoisotopic (exact) mass is 294 g/mol. The van der Waals surface area contributed by atoms with E-state index in [0.29, 0.717) is 17.9 Å². The minimum Gasteiger partial charge on any atom is -0.494 e. The van der Waals surface area contributed by atoms with Crippen LogP contribution in [0.2, 0.25) is 0 Å². The summed E-state index contributed by atoms with van der Waals surface area (Å²) in [7, 11) is 0. The van der Waals surface area contributed by atoms with E-state index in [1.54, 1.807) is 12.1 Å². The molecule has 1 heterocycles. The van der Waals surface area contributed by atoms with Crippen LogP contribution >= 0.6 is 23.1 Å². The van der Waals surface area contributed by atoms with Crippen LogP contribution in [0.1, 0.15) is 22.3 Å². The Bertz CT molecular complexity index is 552. The van der Waals surface area contributed by atoms with Gasteiger partial charge in [-0.15, -0.1) is 10.2 Å². The van der Waals surface area contributed by atoms with E-state index in [4.69, 9.17) is 4.74 Å². The lowest BCUT2D eigenvalue weighted by Crippen LogP contribution is -2.02. The third kappa shape index (κ3) is 4.04. The molecule has 2 aromatic rings. The van der Waals surface area contributed by atoms with Crippen molar-refractivity contribution in [3.8, 4) is 5.75 Å². The molecule has 0 N–H and O–H groups in total. The normalized spacial score (nSPS) is 10.4. The molecule has 0 amide bonds. The first-order valence-electron chi connectivity index (χ1n) is 5.88. The fraction of sp³-hybridized carbons (Fsp3) is 0.308. The van der Waals surface area contributed by atoms with Crippen LogP contribution in [0.5, 0.6) is 5.75 Å². The molecular weight excluding hydrogens is 280 g/mol. The number of aromatic nitrogens is 2. The molecular formula is C13H14N2O2S2. The predicted octanol–water partition coefficient (Wildman–Crippen LogP) is 3.22. The van der Waals surface area contributed by atoms with Crippen LogP contribution in [-0.2, 0) is 0 Å². The van der Waals surface area contributed by atoms with Crippen molar-refractivity contribution in [1.82, 2.24) is 10.2 Å². The van der Waals surface area contributed by atoms with Crippen LogP contribution in [-0.4, -0.2) is 28.3 Å².